The van der Waals surface area contributed by atoms with Crippen molar-refractivity contribution in [3.63, 3.8) is 0 Å². The Bertz CT molecular complexity index is 730. The first kappa shape index (κ1) is 17.7. The first-order chi connectivity index (χ1) is 11.4. The van der Waals surface area contributed by atoms with Gasteiger partial charge in [0.1, 0.15) is 17.1 Å². The average molecular weight is 346 g/mol. The van der Waals surface area contributed by atoms with Gasteiger partial charge in [0.25, 0.3) is 11.8 Å². The number of rotatable bonds is 5. The lowest BCUT2D eigenvalue weighted by Gasteiger charge is -2.27. The minimum absolute atomic E-state index is 0.0154. The Morgan fingerprint density at radius 1 is 1.25 bits per heavy atom. The van der Waals surface area contributed by atoms with Gasteiger partial charge in [-0.05, 0) is 42.9 Å². The Hall–Kier alpha value is -2.67. The standard InChI is InChI=1S/C17H18N2O4S/c1-5-6-19-16(21)12(15(20)18-17(19)24)7-11-8-13(22-3)10(2)14(9-11)23-4/h5,7-9H,1,6H2,2-4H3,(H,18,20,24)/b12-7+. The summed E-state index contributed by atoms with van der Waals surface area (Å²) >= 11 is 5.02. The smallest absolute Gasteiger partial charge is 0.265 e. The number of carbonyl (C=O) groups excluding carboxylic acids is 2. The van der Waals surface area contributed by atoms with Crippen molar-refractivity contribution in [2.24, 2.45) is 0 Å². The van der Waals surface area contributed by atoms with Crippen molar-refractivity contribution >= 4 is 35.2 Å². The fourth-order valence-corrected chi connectivity index (χ4v) is 2.60. The van der Waals surface area contributed by atoms with Gasteiger partial charge in [-0.3, -0.25) is 19.8 Å². The number of amides is 2. The average Bonchev–Trinajstić information content (AvgIpc) is 2.56. The van der Waals surface area contributed by atoms with E-state index in [1.54, 1.807) is 26.4 Å². The first-order valence-corrected chi connectivity index (χ1v) is 7.56. The molecule has 0 radical (unpaired) electrons. The minimum Gasteiger partial charge on any atom is -0.496 e. The van der Waals surface area contributed by atoms with Gasteiger partial charge < -0.3 is 9.47 Å². The Morgan fingerprint density at radius 3 is 2.33 bits per heavy atom. The van der Waals surface area contributed by atoms with Crippen molar-refractivity contribution in [1.29, 1.82) is 0 Å². The second-order valence-corrected chi connectivity index (χ2v) is 5.46. The normalized spacial score (nSPS) is 16.2. The van der Waals surface area contributed by atoms with Crippen LogP contribution in [-0.4, -0.2) is 42.6 Å². The largest absolute Gasteiger partial charge is 0.496 e. The van der Waals surface area contributed by atoms with Gasteiger partial charge in [0.05, 0.1) is 14.2 Å². The molecule has 0 aromatic heterocycles. The van der Waals surface area contributed by atoms with E-state index in [2.05, 4.69) is 11.9 Å². The van der Waals surface area contributed by atoms with Crippen LogP contribution < -0.4 is 14.8 Å². The molecule has 6 nitrogen and oxygen atoms in total. The molecule has 0 spiro atoms. The highest BCUT2D eigenvalue weighted by atomic mass is 32.1. The molecule has 0 saturated carbocycles. The van der Waals surface area contributed by atoms with Crippen molar-refractivity contribution in [3.05, 3.63) is 41.5 Å². The van der Waals surface area contributed by atoms with E-state index in [1.165, 1.54) is 17.1 Å². The summed E-state index contributed by atoms with van der Waals surface area (Å²) in [6, 6.07) is 3.46. The summed E-state index contributed by atoms with van der Waals surface area (Å²) in [5, 5.41) is 2.57. The van der Waals surface area contributed by atoms with Crippen LogP contribution in [0.2, 0.25) is 0 Å². The van der Waals surface area contributed by atoms with E-state index in [0.717, 1.165) is 5.56 Å². The van der Waals surface area contributed by atoms with E-state index in [4.69, 9.17) is 21.7 Å². The van der Waals surface area contributed by atoms with Crippen LogP contribution in [0, 0.1) is 6.92 Å². The van der Waals surface area contributed by atoms with Crippen LogP contribution in [-0.2, 0) is 9.59 Å². The number of nitrogens with zero attached hydrogens (tertiary/aromatic N) is 1. The Balaban J connectivity index is 2.49. The Morgan fingerprint density at radius 2 is 1.83 bits per heavy atom. The van der Waals surface area contributed by atoms with Gasteiger partial charge in [-0.2, -0.15) is 0 Å². The number of methoxy groups -OCH3 is 2. The molecule has 7 heteroatoms. The van der Waals surface area contributed by atoms with Crippen LogP contribution in [0.15, 0.2) is 30.4 Å². The summed E-state index contributed by atoms with van der Waals surface area (Å²) in [6.45, 7) is 5.66. The highest BCUT2D eigenvalue weighted by Crippen LogP contribution is 2.30. The Kier molecular flexibility index (Phi) is 5.35. The molecule has 1 fully saturated rings. The third-order valence-electron chi connectivity index (χ3n) is 3.58. The summed E-state index contributed by atoms with van der Waals surface area (Å²) < 4.78 is 10.6. The van der Waals surface area contributed by atoms with Gasteiger partial charge in [0, 0.05) is 12.1 Å². The molecule has 1 heterocycles. The number of benzene rings is 1. The zero-order chi connectivity index (χ0) is 17.9. The van der Waals surface area contributed by atoms with Crippen LogP contribution in [0.4, 0.5) is 0 Å². The molecule has 0 unspecified atom stereocenters. The topological polar surface area (TPSA) is 67.9 Å². The maximum Gasteiger partial charge on any atom is 0.265 e. The van der Waals surface area contributed by atoms with Gasteiger partial charge in [0.15, 0.2) is 5.11 Å². The molecule has 24 heavy (non-hydrogen) atoms. The summed E-state index contributed by atoms with van der Waals surface area (Å²) in [7, 11) is 3.09. The molecule has 0 atom stereocenters. The number of ether oxygens (including phenoxy) is 2. The predicted octanol–water partition coefficient (Wildman–Crippen LogP) is 1.82. The van der Waals surface area contributed by atoms with E-state index in [9.17, 15) is 9.59 Å². The molecule has 1 aliphatic heterocycles. The maximum absolute atomic E-state index is 12.5. The van der Waals surface area contributed by atoms with Gasteiger partial charge in [-0.1, -0.05) is 6.08 Å². The zero-order valence-corrected chi connectivity index (χ0v) is 14.5. The first-order valence-electron chi connectivity index (χ1n) is 7.15. The highest BCUT2D eigenvalue weighted by Gasteiger charge is 2.32. The molecule has 0 bridgehead atoms. The molecule has 1 aromatic carbocycles. The minimum atomic E-state index is -0.538. The SMILES string of the molecule is C=CCN1C(=O)/C(=C/c2cc(OC)c(C)c(OC)c2)C(=O)NC1=S. The van der Waals surface area contributed by atoms with Crippen LogP contribution in [0.1, 0.15) is 11.1 Å². The molecule has 2 rings (SSSR count). The lowest BCUT2D eigenvalue weighted by atomic mass is 10.0. The van der Waals surface area contributed by atoms with Crippen molar-refractivity contribution < 1.29 is 19.1 Å². The monoisotopic (exact) mass is 346 g/mol. The summed E-state index contributed by atoms with van der Waals surface area (Å²) in [4.78, 5) is 25.9. The van der Waals surface area contributed by atoms with Crippen LogP contribution in [0.5, 0.6) is 11.5 Å². The zero-order valence-electron chi connectivity index (χ0n) is 13.7. The highest BCUT2D eigenvalue weighted by molar-refractivity contribution is 7.80. The van der Waals surface area contributed by atoms with E-state index in [1.807, 2.05) is 6.92 Å². The van der Waals surface area contributed by atoms with E-state index in [0.29, 0.717) is 17.1 Å². The molecule has 1 N–H and O–H groups in total. The van der Waals surface area contributed by atoms with E-state index >= 15 is 0 Å². The number of hydrogen-bond acceptors (Lipinski definition) is 5. The third-order valence-corrected chi connectivity index (χ3v) is 3.91. The van der Waals surface area contributed by atoms with E-state index < -0.39 is 11.8 Å². The van der Waals surface area contributed by atoms with Gasteiger partial charge in [0.2, 0.25) is 0 Å². The number of carbonyl (C=O) groups is 2. The van der Waals surface area contributed by atoms with E-state index in [-0.39, 0.29) is 17.2 Å². The molecule has 1 aromatic rings. The van der Waals surface area contributed by atoms with Gasteiger partial charge in [-0.25, -0.2) is 0 Å². The molecule has 0 aliphatic carbocycles. The van der Waals surface area contributed by atoms with Crippen molar-refractivity contribution in [2.75, 3.05) is 20.8 Å². The maximum atomic E-state index is 12.5. The second kappa shape index (κ2) is 7.27. The van der Waals surface area contributed by atoms with Crippen LogP contribution >= 0.6 is 12.2 Å². The summed E-state index contributed by atoms with van der Waals surface area (Å²) in [5.74, 6) is 0.192. The number of thiocarbonyl (C=S) groups is 1. The second-order valence-electron chi connectivity index (χ2n) is 5.07. The van der Waals surface area contributed by atoms with Crippen LogP contribution in [0.3, 0.4) is 0 Å². The number of nitrogens with one attached hydrogen (secondary N) is 1. The lowest BCUT2D eigenvalue weighted by molar-refractivity contribution is -0.128. The molecule has 2 amide bonds. The summed E-state index contributed by atoms with van der Waals surface area (Å²) in [6.07, 6.45) is 3.03. The predicted molar refractivity (Wildman–Crippen MR) is 94.9 cm³/mol. The van der Waals surface area contributed by atoms with Crippen molar-refractivity contribution in [2.45, 2.75) is 6.92 Å². The quantitative estimate of drug-likeness (QED) is 0.381. The fourth-order valence-electron chi connectivity index (χ4n) is 2.35. The number of hydrogen-bond donors (Lipinski definition) is 1. The molecular weight excluding hydrogens is 328 g/mol. The van der Waals surface area contributed by atoms with Crippen molar-refractivity contribution in [1.82, 2.24) is 10.2 Å². The van der Waals surface area contributed by atoms with Crippen molar-refractivity contribution in [3.8, 4) is 11.5 Å². The molecule has 1 saturated heterocycles. The van der Waals surface area contributed by atoms with Gasteiger partial charge in [-0.15, -0.1) is 6.58 Å². The third kappa shape index (κ3) is 3.30. The molecular formula is C17H18N2O4S. The van der Waals surface area contributed by atoms with Gasteiger partial charge >= 0.3 is 0 Å². The van der Waals surface area contributed by atoms with Crippen LogP contribution in [0.25, 0.3) is 6.08 Å². The Labute approximate surface area is 145 Å². The molecule has 1 aliphatic rings. The molecule has 126 valence electrons. The lowest BCUT2D eigenvalue weighted by Crippen LogP contribution is -2.53. The summed E-state index contributed by atoms with van der Waals surface area (Å²) in [5.41, 5.74) is 1.42. The fraction of sp³-hybridized carbons (Fsp3) is 0.235.